The number of ether oxygens (including phenoxy) is 1. The zero-order valence-corrected chi connectivity index (χ0v) is 9.93. The lowest BCUT2D eigenvalue weighted by Crippen LogP contribution is -2.45. The predicted octanol–water partition coefficient (Wildman–Crippen LogP) is 2.18. The van der Waals surface area contributed by atoms with Gasteiger partial charge in [-0.15, -0.1) is 0 Å². The largest absolute Gasteiger partial charge is 0.493 e. The second-order valence-corrected chi connectivity index (χ2v) is 4.87. The van der Waals surface area contributed by atoms with E-state index in [0.717, 1.165) is 12.4 Å². The summed E-state index contributed by atoms with van der Waals surface area (Å²) in [6.45, 7) is 5.09. The smallest absolute Gasteiger partial charge is 0.124 e. The van der Waals surface area contributed by atoms with Gasteiger partial charge in [0.15, 0.2) is 0 Å². The van der Waals surface area contributed by atoms with Gasteiger partial charge in [0.05, 0.1) is 18.2 Å². The molecule has 0 spiro atoms. The van der Waals surface area contributed by atoms with Crippen molar-refractivity contribution in [1.82, 2.24) is 5.06 Å². The molecule has 2 heterocycles. The Morgan fingerprint density at radius 1 is 1.38 bits per heavy atom. The lowest BCUT2D eigenvalue weighted by atomic mass is 9.76. The molecular weight excluding hydrogens is 202 g/mol. The van der Waals surface area contributed by atoms with Crippen molar-refractivity contribution in [2.45, 2.75) is 25.5 Å². The topological polar surface area (TPSA) is 21.7 Å². The lowest BCUT2D eigenvalue weighted by Gasteiger charge is -2.40. The fourth-order valence-corrected chi connectivity index (χ4v) is 2.98. The van der Waals surface area contributed by atoms with Crippen LogP contribution < -0.4 is 4.74 Å². The number of fused-ring (bicyclic) bond motifs is 3. The van der Waals surface area contributed by atoms with Crippen LogP contribution >= 0.6 is 0 Å². The number of benzene rings is 1. The maximum absolute atomic E-state index is 5.82. The molecule has 1 saturated heterocycles. The molecule has 3 rings (SSSR count). The minimum absolute atomic E-state index is 0.0612. The van der Waals surface area contributed by atoms with Crippen molar-refractivity contribution in [3.63, 3.8) is 0 Å². The summed E-state index contributed by atoms with van der Waals surface area (Å²) in [6.07, 6.45) is 0.211. The summed E-state index contributed by atoms with van der Waals surface area (Å²) in [5, 5.41) is 1.99. The highest BCUT2D eigenvalue weighted by atomic mass is 16.7. The van der Waals surface area contributed by atoms with E-state index in [4.69, 9.17) is 9.57 Å². The molecular formula is C13H17NO2. The molecule has 0 aromatic heterocycles. The van der Waals surface area contributed by atoms with Crippen LogP contribution in [0, 0.1) is 5.92 Å². The molecule has 86 valence electrons. The van der Waals surface area contributed by atoms with Crippen molar-refractivity contribution in [1.29, 1.82) is 0 Å². The van der Waals surface area contributed by atoms with Gasteiger partial charge in [-0.2, -0.15) is 5.06 Å². The maximum atomic E-state index is 5.82. The minimum atomic E-state index is -0.0612. The van der Waals surface area contributed by atoms with Crippen LogP contribution in [0.1, 0.15) is 19.4 Å². The Kier molecular flexibility index (Phi) is 2.03. The molecule has 1 aromatic rings. The summed E-state index contributed by atoms with van der Waals surface area (Å²) in [5.41, 5.74) is 1.17. The highest BCUT2D eigenvalue weighted by Gasteiger charge is 2.53. The van der Waals surface area contributed by atoms with Gasteiger partial charge >= 0.3 is 0 Å². The first-order chi connectivity index (χ1) is 7.64. The predicted molar refractivity (Wildman–Crippen MR) is 61.1 cm³/mol. The van der Waals surface area contributed by atoms with Gasteiger partial charge in [-0.1, -0.05) is 18.2 Å². The first-order valence-electron chi connectivity index (χ1n) is 5.77. The highest BCUT2D eigenvalue weighted by Crippen LogP contribution is 2.49. The van der Waals surface area contributed by atoms with Crippen LogP contribution in [0.25, 0.3) is 0 Å². The third-order valence-corrected chi connectivity index (χ3v) is 4.12. The Bertz CT molecular complexity index is 420. The van der Waals surface area contributed by atoms with Crippen molar-refractivity contribution in [3.8, 4) is 5.75 Å². The molecule has 1 fully saturated rings. The molecule has 0 N–H and O–H groups in total. The Hall–Kier alpha value is -1.06. The summed E-state index contributed by atoms with van der Waals surface area (Å²) in [4.78, 5) is 5.82. The van der Waals surface area contributed by atoms with Crippen molar-refractivity contribution in [3.05, 3.63) is 29.8 Å². The minimum Gasteiger partial charge on any atom is -0.493 e. The maximum Gasteiger partial charge on any atom is 0.124 e. The molecule has 0 unspecified atom stereocenters. The molecule has 16 heavy (non-hydrogen) atoms. The highest BCUT2D eigenvalue weighted by molar-refractivity contribution is 5.41. The van der Waals surface area contributed by atoms with Crippen LogP contribution in [0.2, 0.25) is 0 Å². The Balaban J connectivity index is 2.16. The second-order valence-electron chi connectivity index (χ2n) is 4.87. The van der Waals surface area contributed by atoms with Crippen LogP contribution in [0.3, 0.4) is 0 Å². The number of para-hydroxylation sites is 1. The van der Waals surface area contributed by atoms with Gasteiger partial charge < -0.3 is 4.74 Å². The fourth-order valence-electron chi connectivity index (χ4n) is 2.98. The van der Waals surface area contributed by atoms with Gasteiger partial charge in [0, 0.05) is 18.5 Å². The van der Waals surface area contributed by atoms with Crippen LogP contribution in [0.4, 0.5) is 0 Å². The summed E-state index contributed by atoms with van der Waals surface area (Å²) in [7, 11) is 2.01. The second kappa shape index (κ2) is 3.22. The molecule has 0 amide bonds. The Labute approximate surface area is 95.9 Å². The SMILES string of the molecule is C[C@@H]1ON(C)[C@@]2(C)c3ccccc3OC[C@@H]12. The van der Waals surface area contributed by atoms with Gasteiger partial charge in [-0.05, 0) is 19.9 Å². The first-order valence-corrected chi connectivity index (χ1v) is 5.77. The quantitative estimate of drug-likeness (QED) is 0.667. The molecule has 3 heteroatoms. The monoisotopic (exact) mass is 219 g/mol. The van der Waals surface area contributed by atoms with E-state index in [1.165, 1.54) is 5.56 Å². The summed E-state index contributed by atoms with van der Waals surface area (Å²) >= 11 is 0. The van der Waals surface area contributed by atoms with Gasteiger partial charge in [0.25, 0.3) is 0 Å². The van der Waals surface area contributed by atoms with Gasteiger partial charge in [0.1, 0.15) is 5.75 Å². The third-order valence-electron chi connectivity index (χ3n) is 4.12. The van der Waals surface area contributed by atoms with Crippen LogP contribution in [-0.2, 0) is 10.4 Å². The molecule has 2 aliphatic heterocycles. The zero-order chi connectivity index (χ0) is 11.3. The molecule has 0 saturated carbocycles. The van der Waals surface area contributed by atoms with Crippen LogP contribution in [-0.4, -0.2) is 24.8 Å². The summed E-state index contributed by atoms with van der Waals surface area (Å²) in [5.74, 6) is 1.39. The van der Waals surface area contributed by atoms with Gasteiger partial charge in [0.2, 0.25) is 0 Å². The van der Waals surface area contributed by atoms with E-state index in [1.54, 1.807) is 0 Å². The lowest BCUT2D eigenvalue weighted by molar-refractivity contribution is -0.163. The standard InChI is InChI=1S/C13H17NO2/c1-9-11-8-15-12-7-5-4-6-10(12)13(11,2)14(3)16-9/h4-7,9,11H,8H2,1-3H3/t9-,11-,13-/m0/s1. The normalized spacial score (nSPS) is 37.7. The average molecular weight is 219 g/mol. The third kappa shape index (κ3) is 1.10. The molecule has 3 atom stereocenters. The number of rotatable bonds is 0. The van der Waals surface area contributed by atoms with Crippen molar-refractivity contribution in [2.24, 2.45) is 5.92 Å². The number of hydroxylamine groups is 2. The van der Waals surface area contributed by atoms with E-state index < -0.39 is 0 Å². The van der Waals surface area contributed by atoms with E-state index in [0.29, 0.717) is 5.92 Å². The van der Waals surface area contributed by atoms with E-state index >= 15 is 0 Å². The van der Waals surface area contributed by atoms with E-state index in [1.807, 2.05) is 24.2 Å². The number of hydrogen-bond acceptors (Lipinski definition) is 3. The molecule has 0 aliphatic carbocycles. The van der Waals surface area contributed by atoms with Gasteiger partial charge in [-0.3, -0.25) is 4.84 Å². The molecule has 2 aliphatic rings. The van der Waals surface area contributed by atoms with Crippen LogP contribution in [0.5, 0.6) is 5.75 Å². The van der Waals surface area contributed by atoms with E-state index in [-0.39, 0.29) is 11.6 Å². The Morgan fingerprint density at radius 2 is 2.12 bits per heavy atom. The van der Waals surface area contributed by atoms with E-state index in [2.05, 4.69) is 26.0 Å². The van der Waals surface area contributed by atoms with Crippen molar-refractivity contribution in [2.75, 3.05) is 13.7 Å². The molecule has 0 radical (unpaired) electrons. The summed E-state index contributed by atoms with van der Waals surface area (Å²) < 4.78 is 5.81. The van der Waals surface area contributed by atoms with E-state index in [9.17, 15) is 0 Å². The molecule has 3 nitrogen and oxygen atoms in total. The van der Waals surface area contributed by atoms with Crippen molar-refractivity contribution >= 4 is 0 Å². The zero-order valence-electron chi connectivity index (χ0n) is 9.93. The van der Waals surface area contributed by atoms with Gasteiger partial charge in [-0.25, -0.2) is 0 Å². The molecule has 0 bridgehead atoms. The van der Waals surface area contributed by atoms with Crippen LogP contribution in [0.15, 0.2) is 24.3 Å². The van der Waals surface area contributed by atoms with Crippen molar-refractivity contribution < 1.29 is 9.57 Å². The first kappa shape index (κ1) is 10.1. The summed E-state index contributed by atoms with van der Waals surface area (Å²) in [6, 6.07) is 8.25. The Morgan fingerprint density at radius 3 is 2.94 bits per heavy atom. The number of nitrogens with zero attached hydrogens (tertiary/aromatic N) is 1. The number of hydrogen-bond donors (Lipinski definition) is 0. The fraction of sp³-hybridized carbons (Fsp3) is 0.538. The molecule has 1 aromatic carbocycles. The average Bonchev–Trinajstić information content (AvgIpc) is 2.51.